The monoisotopic (exact) mass is 216 g/mol. The molecule has 0 aliphatic carbocycles. The summed E-state index contributed by atoms with van der Waals surface area (Å²) in [5, 5.41) is 6.92. The number of benzene rings is 1. The summed E-state index contributed by atoms with van der Waals surface area (Å²) < 4.78 is 0. The first-order valence-corrected chi connectivity index (χ1v) is 5.97. The molecule has 2 N–H and O–H groups in total. The lowest BCUT2D eigenvalue weighted by atomic mass is 9.99. The van der Waals surface area contributed by atoms with Gasteiger partial charge in [0.25, 0.3) is 0 Å². The number of nitrogens with one attached hydrogen (secondary N) is 2. The zero-order valence-electron chi connectivity index (χ0n) is 9.97. The Kier molecular flexibility index (Phi) is 3.62. The van der Waals surface area contributed by atoms with Crippen LogP contribution in [-0.2, 0) is 13.0 Å². The Morgan fingerprint density at radius 2 is 2.38 bits per heavy atom. The van der Waals surface area contributed by atoms with Crippen molar-refractivity contribution >= 4 is 5.69 Å². The zero-order chi connectivity index (χ0) is 11.4. The molecule has 0 saturated heterocycles. The van der Waals surface area contributed by atoms with Crippen molar-refractivity contribution in [2.24, 2.45) is 0 Å². The molecule has 2 nitrogen and oxygen atoms in total. The van der Waals surface area contributed by atoms with E-state index in [-0.39, 0.29) is 0 Å². The Bertz CT molecular complexity index is 382. The van der Waals surface area contributed by atoms with Crippen molar-refractivity contribution in [1.29, 1.82) is 0 Å². The second-order valence-corrected chi connectivity index (χ2v) is 4.54. The fourth-order valence-electron chi connectivity index (χ4n) is 2.14. The number of aryl methyl sites for hydroxylation is 1. The third-order valence-corrected chi connectivity index (χ3v) is 2.90. The minimum atomic E-state index is 0.893. The van der Waals surface area contributed by atoms with Gasteiger partial charge in [0.2, 0.25) is 0 Å². The Hall–Kier alpha value is -1.28. The van der Waals surface area contributed by atoms with Crippen molar-refractivity contribution in [2.75, 3.05) is 18.4 Å². The van der Waals surface area contributed by atoms with Crippen molar-refractivity contribution < 1.29 is 0 Å². The summed E-state index contributed by atoms with van der Waals surface area (Å²) in [6, 6.07) is 6.58. The van der Waals surface area contributed by atoms with Gasteiger partial charge in [0, 0.05) is 25.3 Å². The molecule has 2 heteroatoms. The molecule has 0 spiro atoms. The van der Waals surface area contributed by atoms with Gasteiger partial charge in [-0.1, -0.05) is 30.4 Å². The predicted molar refractivity (Wildman–Crippen MR) is 69.8 cm³/mol. The first kappa shape index (κ1) is 11.2. The highest BCUT2D eigenvalue weighted by atomic mass is 14.9. The van der Waals surface area contributed by atoms with Crippen LogP contribution in [0, 0.1) is 0 Å². The molecule has 1 aliphatic rings. The molecule has 16 heavy (non-hydrogen) atoms. The van der Waals surface area contributed by atoms with Gasteiger partial charge in [-0.15, -0.1) is 0 Å². The van der Waals surface area contributed by atoms with Gasteiger partial charge in [-0.05, 0) is 30.9 Å². The summed E-state index contributed by atoms with van der Waals surface area (Å²) in [5.74, 6) is 0. The first-order valence-electron chi connectivity index (χ1n) is 5.97. The van der Waals surface area contributed by atoms with Crippen molar-refractivity contribution in [3.8, 4) is 0 Å². The summed E-state index contributed by atoms with van der Waals surface area (Å²) in [7, 11) is 0. The van der Waals surface area contributed by atoms with E-state index < -0.39 is 0 Å². The average Bonchev–Trinajstić information content (AvgIpc) is 2.29. The molecule has 0 unspecified atom stereocenters. The molecule has 0 aromatic heterocycles. The highest BCUT2D eigenvalue weighted by Gasteiger charge is 2.11. The Morgan fingerprint density at radius 3 is 3.19 bits per heavy atom. The Labute approximate surface area is 97.8 Å². The Morgan fingerprint density at radius 1 is 1.50 bits per heavy atom. The largest absolute Gasteiger partial charge is 0.385 e. The summed E-state index contributed by atoms with van der Waals surface area (Å²) in [4.78, 5) is 0. The zero-order valence-corrected chi connectivity index (χ0v) is 9.97. The van der Waals surface area contributed by atoms with Crippen LogP contribution in [-0.4, -0.2) is 13.1 Å². The second-order valence-electron chi connectivity index (χ2n) is 4.54. The van der Waals surface area contributed by atoms with Crippen molar-refractivity contribution in [3.05, 3.63) is 41.5 Å². The van der Waals surface area contributed by atoms with Crippen LogP contribution >= 0.6 is 0 Å². The maximum atomic E-state index is 3.90. The van der Waals surface area contributed by atoms with E-state index in [9.17, 15) is 0 Å². The highest BCUT2D eigenvalue weighted by Crippen LogP contribution is 2.25. The van der Waals surface area contributed by atoms with Gasteiger partial charge in [-0.25, -0.2) is 0 Å². The van der Waals surface area contributed by atoms with E-state index in [2.05, 4.69) is 35.4 Å². The number of rotatable bonds is 4. The molecule has 0 fully saturated rings. The summed E-state index contributed by atoms with van der Waals surface area (Å²) in [5.41, 5.74) is 5.36. The highest BCUT2D eigenvalue weighted by molar-refractivity contribution is 5.59. The maximum Gasteiger partial charge on any atom is 0.0418 e. The van der Waals surface area contributed by atoms with Crippen molar-refractivity contribution in [2.45, 2.75) is 26.3 Å². The van der Waals surface area contributed by atoms with Crippen LogP contribution in [0.15, 0.2) is 30.4 Å². The minimum Gasteiger partial charge on any atom is -0.385 e. The third kappa shape index (κ3) is 2.64. The molecule has 0 bridgehead atoms. The van der Waals surface area contributed by atoms with E-state index in [1.54, 1.807) is 0 Å². The van der Waals surface area contributed by atoms with Gasteiger partial charge in [0.15, 0.2) is 0 Å². The lowest BCUT2D eigenvalue weighted by Crippen LogP contribution is -2.19. The topological polar surface area (TPSA) is 24.1 Å². The molecule has 0 atom stereocenters. The number of hydrogen-bond donors (Lipinski definition) is 2. The predicted octanol–water partition coefficient (Wildman–Crippen LogP) is 2.71. The van der Waals surface area contributed by atoms with E-state index >= 15 is 0 Å². The molecule has 1 aromatic carbocycles. The van der Waals surface area contributed by atoms with Crippen LogP contribution in [0.4, 0.5) is 5.69 Å². The Balaban J connectivity index is 2.05. The molecule has 0 radical (unpaired) electrons. The maximum absolute atomic E-state index is 3.90. The van der Waals surface area contributed by atoms with Gasteiger partial charge in [0.05, 0.1) is 0 Å². The van der Waals surface area contributed by atoms with Gasteiger partial charge < -0.3 is 10.6 Å². The fraction of sp³-hybridized carbons (Fsp3) is 0.429. The summed E-state index contributed by atoms with van der Waals surface area (Å²) in [6.45, 7) is 8.86. The van der Waals surface area contributed by atoms with Crippen LogP contribution in [0.3, 0.4) is 0 Å². The number of anilines is 1. The molecule has 1 heterocycles. The van der Waals surface area contributed by atoms with Gasteiger partial charge in [-0.2, -0.15) is 0 Å². The molecular formula is C14H20N2. The normalized spacial score (nSPS) is 14.1. The molecule has 0 saturated carbocycles. The van der Waals surface area contributed by atoms with Crippen LogP contribution < -0.4 is 10.6 Å². The van der Waals surface area contributed by atoms with Gasteiger partial charge in [-0.3, -0.25) is 0 Å². The molecule has 1 aliphatic heterocycles. The molecule has 2 rings (SSSR count). The molecule has 1 aromatic rings. The number of para-hydroxylation sites is 1. The molecular weight excluding hydrogens is 196 g/mol. The average molecular weight is 216 g/mol. The summed E-state index contributed by atoms with van der Waals surface area (Å²) >= 11 is 0. The van der Waals surface area contributed by atoms with Crippen molar-refractivity contribution in [1.82, 2.24) is 5.32 Å². The lowest BCUT2D eigenvalue weighted by molar-refractivity contribution is 0.734. The summed E-state index contributed by atoms with van der Waals surface area (Å²) in [6.07, 6.45) is 2.45. The van der Waals surface area contributed by atoms with Crippen LogP contribution in [0.25, 0.3) is 0 Å². The van der Waals surface area contributed by atoms with E-state index in [4.69, 9.17) is 0 Å². The fourth-order valence-corrected chi connectivity index (χ4v) is 2.14. The van der Waals surface area contributed by atoms with Gasteiger partial charge >= 0.3 is 0 Å². The van der Waals surface area contributed by atoms with E-state index in [0.29, 0.717) is 0 Å². The van der Waals surface area contributed by atoms with Gasteiger partial charge in [0.1, 0.15) is 0 Å². The minimum absolute atomic E-state index is 0.893. The van der Waals surface area contributed by atoms with E-state index in [0.717, 1.165) is 19.6 Å². The molecule has 86 valence electrons. The van der Waals surface area contributed by atoms with E-state index in [1.807, 2.05) is 6.92 Å². The third-order valence-electron chi connectivity index (χ3n) is 2.90. The number of hydrogen-bond acceptors (Lipinski definition) is 2. The number of fused-ring (bicyclic) bond motifs is 1. The smallest absolute Gasteiger partial charge is 0.0418 e. The lowest BCUT2D eigenvalue weighted by Gasteiger charge is -2.21. The van der Waals surface area contributed by atoms with Crippen LogP contribution in [0.2, 0.25) is 0 Å². The SMILES string of the molecule is C=C(C)CNCc1cccc2c1NCCC2. The van der Waals surface area contributed by atoms with Crippen molar-refractivity contribution in [3.63, 3.8) is 0 Å². The van der Waals surface area contributed by atoms with Crippen LogP contribution in [0.5, 0.6) is 0 Å². The molecule has 0 amide bonds. The quantitative estimate of drug-likeness (QED) is 0.756. The van der Waals surface area contributed by atoms with E-state index in [1.165, 1.54) is 35.2 Å². The first-order chi connectivity index (χ1) is 7.77. The standard InChI is InChI=1S/C14H20N2/c1-11(2)9-15-10-13-6-3-5-12-7-4-8-16-14(12)13/h3,5-6,15-16H,1,4,7-10H2,2H3. The second kappa shape index (κ2) is 5.17. The van der Waals surface area contributed by atoms with Crippen LogP contribution in [0.1, 0.15) is 24.5 Å².